The molecule has 1 amide bonds. The summed E-state index contributed by atoms with van der Waals surface area (Å²) in [6.07, 6.45) is 0. The van der Waals surface area contributed by atoms with Gasteiger partial charge >= 0.3 is 0 Å². The predicted molar refractivity (Wildman–Crippen MR) is 114 cm³/mol. The number of nitrogens with one attached hydrogen (secondary N) is 1. The van der Waals surface area contributed by atoms with Gasteiger partial charge in [0.05, 0.1) is 18.0 Å². The van der Waals surface area contributed by atoms with Crippen LogP contribution in [0.25, 0.3) is 16.9 Å². The van der Waals surface area contributed by atoms with E-state index >= 15 is 0 Å². The van der Waals surface area contributed by atoms with Crippen LogP contribution < -0.4 is 10.9 Å². The highest BCUT2D eigenvalue weighted by atomic mass is 35.5. The van der Waals surface area contributed by atoms with Crippen molar-refractivity contribution in [3.63, 3.8) is 0 Å². The summed E-state index contributed by atoms with van der Waals surface area (Å²) in [5.41, 5.74) is 0.553. The topological polar surface area (TPSA) is 84.2 Å². The third kappa shape index (κ3) is 4.97. The van der Waals surface area contributed by atoms with Crippen molar-refractivity contribution in [1.82, 2.24) is 15.1 Å². The third-order valence-electron chi connectivity index (χ3n) is 4.04. The van der Waals surface area contributed by atoms with Crippen LogP contribution in [0.3, 0.4) is 0 Å². The number of amides is 1. The molecule has 3 aromatic rings. The summed E-state index contributed by atoms with van der Waals surface area (Å²) in [7, 11) is 0. The number of aliphatic hydroxyl groups is 1. The van der Waals surface area contributed by atoms with Gasteiger partial charge in [0.1, 0.15) is 5.56 Å². The smallest absolute Gasteiger partial charge is 0.284 e. The molecule has 0 bridgehead atoms. The van der Waals surface area contributed by atoms with Gasteiger partial charge in [-0.05, 0) is 43.3 Å². The minimum absolute atomic E-state index is 0.138. The molecule has 0 aliphatic heterocycles. The Bertz CT molecular complexity index is 1090. The number of benzene rings is 2. The number of aliphatic hydroxyl groups excluding tert-OH is 1. The summed E-state index contributed by atoms with van der Waals surface area (Å²) in [5, 5.41) is 17.3. The normalized spacial score (nSPS) is 11.9. The molecule has 2 aromatic carbocycles. The van der Waals surface area contributed by atoms with Crippen LogP contribution in [0.2, 0.25) is 15.1 Å². The molecule has 2 N–H and O–H groups in total. The summed E-state index contributed by atoms with van der Waals surface area (Å²) >= 11 is 18.1. The van der Waals surface area contributed by atoms with Crippen LogP contribution in [0, 0.1) is 0 Å². The first-order chi connectivity index (χ1) is 13.8. The molecule has 0 fully saturated rings. The van der Waals surface area contributed by atoms with E-state index in [2.05, 4.69) is 10.4 Å². The monoisotopic (exact) mass is 451 g/mol. The molecule has 0 unspecified atom stereocenters. The number of halogens is 3. The number of hydrogen-bond acceptors (Lipinski definition) is 4. The first kappa shape index (κ1) is 21.3. The lowest BCUT2D eigenvalue weighted by molar-refractivity contribution is 0.0920. The average Bonchev–Trinajstić information content (AvgIpc) is 2.67. The molecule has 9 heteroatoms. The largest absolute Gasteiger partial charge is 0.394 e. The van der Waals surface area contributed by atoms with E-state index in [-0.39, 0.29) is 12.2 Å². The molecular formula is C20H16Cl3N3O3. The van der Waals surface area contributed by atoms with Crippen molar-refractivity contribution in [3.8, 4) is 16.9 Å². The Morgan fingerprint density at radius 2 is 1.69 bits per heavy atom. The SMILES string of the molecule is C[C@@H](CO)NC(=O)c1cc(-c2ccc(Cl)cc2)nn(-c2cc(Cl)cc(Cl)c2)c1=O. The maximum atomic E-state index is 13.0. The number of hydrogen-bond donors (Lipinski definition) is 2. The van der Waals surface area contributed by atoms with Crippen LogP contribution in [0.1, 0.15) is 17.3 Å². The molecule has 1 atom stereocenters. The molecule has 29 heavy (non-hydrogen) atoms. The third-order valence-corrected chi connectivity index (χ3v) is 4.73. The molecular weight excluding hydrogens is 437 g/mol. The Labute approximate surface area is 181 Å². The van der Waals surface area contributed by atoms with Gasteiger partial charge in [0.15, 0.2) is 0 Å². The molecule has 0 aliphatic rings. The van der Waals surface area contributed by atoms with Crippen LogP contribution in [-0.4, -0.2) is 33.4 Å². The Hall–Kier alpha value is -2.38. The number of aromatic nitrogens is 2. The van der Waals surface area contributed by atoms with Gasteiger partial charge in [-0.15, -0.1) is 0 Å². The van der Waals surface area contributed by atoms with Crippen molar-refractivity contribution in [1.29, 1.82) is 0 Å². The summed E-state index contributed by atoms with van der Waals surface area (Å²) < 4.78 is 1.07. The van der Waals surface area contributed by atoms with Crippen molar-refractivity contribution in [2.75, 3.05) is 6.61 Å². The van der Waals surface area contributed by atoms with E-state index in [4.69, 9.17) is 34.8 Å². The van der Waals surface area contributed by atoms with Crippen LogP contribution in [0.5, 0.6) is 0 Å². The lowest BCUT2D eigenvalue weighted by atomic mass is 10.1. The van der Waals surface area contributed by atoms with Crippen LogP contribution in [0.15, 0.2) is 53.3 Å². The van der Waals surface area contributed by atoms with Gasteiger partial charge in [0.25, 0.3) is 11.5 Å². The zero-order valence-electron chi connectivity index (χ0n) is 15.2. The molecule has 0 spiro atoms. The average molecular weight is 453 g/mol. The van der Waals surface area contributed by atoms with Crippen molar-refractivity contribution in [2.24, 2.45) is 0 Å². The lowest BCUT2D eigenvalue weighted by Gasteiger charge is -2.14. The Kier molecular flexibility index (Phi) is 6.59. The van der Waals surface area contributed by atoms with Gasteiger partial charge in [-0.2, -0.15) is 9.78 Å². The Morgan fingerprint density at radius 1 is 1.07 bits per heavy atom. The van der Waals surface area contributed by atoms with Gasteiger partial charge in [0, 0.05) is 26.7 Å². The fraction of sp³-hybridized carbons (Fsp3) is 0.150. The maximum absolute atomic E-state index is 13.0. The van der Waals surface area contributed by atoms with Crippen molar-refractivity contribution >= 4 is 40.7 Å². The molecule has 1 heterocycles. The second-order valence-corrected chi connectivity index (χ2v) is 7.66. The van der Waals surface area contributed by atoms with E-state index in [1.165, 1.54) is 24.3 Å². The van der Waals surface area contributed by atoms with Gasteiger partial charge in [0.2, 0.25) is 0 Å². The number of carbonyl (C=O) groups excluding carboxylic acids is 1. The van der Waals surface area contributed by atoms with Crippen molar-refractivity contribution in [2.45, 2.75) is 13.0 Å². The minimum atomic E-state index is -0.649. The Balaban J connectivity index is 2.22. The van der Waals surface area contributed by atoms with E-state index in [1.54, 1.807) is 31.2 Å². The molecule has 0 radical (unpaired) electrons. The number of rotatable bonds is 5. The van der Waals surface area contributed by atoms with Gasteiger partial charge in [-0.1, -0.05) is 46.9 Å². The number of carbonyl (C=O) groups is 1. The van der Waals surface area contributed by atoms with Crippen molar-refractivity contribution < 1.29 is 9.90 Å². The maximum Gasteiger partial charge on any atom is 0.284 e. The van der Waals surface area contributed by atoms with Crippen LogP contribution in [0.4, 0.5) is 0 Å². The zero-order chi connectivity index (χ0) is 21.1. The van der Waals surface area contributed by atoms with Crippen LogP contribution >= 0.6 is 34.8 Å². The molecule has 0 saturated carbocycles. The fourth-order valence-corrected chi connectivity index (χ4v) is 3.24. The fourth-order valence-electron chi connectivity index (χ4n) is 2.60. The molecule has 0 saturated heterocycles. The highest BCUT2D eigenvalue weighted by molar-refractivity contribution is 6.34. The van der Waals surface area contributed by atoms with E-state index in [9.17, 15) is 14.7 Å². The first-order valence-electron chi connectivity index (χ1n) is 8.57. The standard InChI is InChI=1S/C20H16Cl3N3O3/c1-11(10-27)24-19(28)17-9-18(12-2-4-13(21)5-3-12)25-26(20(17)29)16-7-14(22)6-15(23)8-16/h2-9,11,27H,10H2,1H3,(H,24,28)/t11-/m0/s1. The highest BCUT2D eigenvalue weighted by Gasteiger charge is 2.19. The molecule has 6 nitrogen and oxygen atoms in total. The molecule has 0 aliphatic carbocycles. The van der Waals surface area contributed by atoms with E-state index < -0.39 is 17.5 Å². The van der Waals surface area contributed by atoms with Gasteiger partial charge in [-0.3, -0.25) is 9.59 Å². The quantitative estimate of drug-likeness (QED) is 0.613. The zero-order valence-corrected chi connectivity index (χ0v) is 17.5. The first-order valence-corrected chi connectivity index (χ1v) is 9.70. The van der Waals surface area contributed by atoms with Crippen LogP contribution in [-0.2, 0) is 0 Å². The second-order valence-electron chi connectivity index (χ2n) is 6.35. The molecule has 1 aromatic heterocycles. The van der Waals surface area contributed by atoms with Crippen molar-refractivity contribution in [3.05, 3.63) is 79.5 Å². The van der Waals surface area contributed by atoms with E-state index in [0.717, 1.165) is 4.68 Å². The minimum Gasteiger partial charge on any atom is -0.394 e. The van der Waals surface area contributed by atoms with Gasteiger partial charge < -0.3 is 10.4 Å². The van der Waals surface area contributed by atoms with Gasteiger partial charge in [-0.25, -0.2) is 0 Å². The highest BCUT2D eigenvalue weighted by Crippen LogP contribution is 2.23. The molecule has 150 valence electrons. The molecule has 3 rings (SSSR count). The summed E-state index contributed by atoms with van der Waals surface area (Å²) in [6, 6.07) is 12.2. The van der Waals surface area contributed by atoms with E-state index in [1.807, 2.05) is 0 Å². The second kappa shape index (κ2) is 8.97. The number of nitrogens with zero attached hydrogens (tertiary/aromatic N) is 2. The summed E-state index contributed by atoms with van der Waals surface area (Å²) in [5.74, 6) is -0.629. The summed E-state index contributed by atoms with van der Waals surface area (Å²) in [6.45, 7) is 1.35. The Morgan fingerprint density at radius 3 is 2.28 bits per heavy atom. The lowest BCUT2D eigenvalue weighted by Crippen LogP contribution is -2.39. The van der Waals surface area contributed by atoms with E-state index in [0.29, 0.717) is 32.0 Å². The predicted octanol–water partition coefficient (Wildman–Crippen LogP) is 3.97. The summed E-state index contributed by atoms with van der Waals surface area (Å²) in [4.78, 5) is 25.7.